The molecule has 0 amide bonds. The molecule has 5 nitrogen and oxygen atoms in total. The van der Waals surface area contributed by atoms with Gasteiger partial charge in [-0.2, -0.15) is 5.10 Å². The Bertz CT molecular complexity index is 719. The summed E-state index contributed by atoms with van der Waals surface area (Å²) in [6, 6.07) is 10.5. The van der Waals surface area contributed by atoms with Crippen LogP contribution in [-0.4, -0.2) is 26.3 Å². The van der Waals surface area contributed by atoms with Crippen LogP contribution in [0.3, 0.4) is 0 Å². The molecule has 5 heteroatoms. The van der Waals surface area contributed by atoms with E-state index in [1.54, 1.807) is 36.5 Å². The Morgan fingerprint density at radius 1 is 1.17 bits per heavy atom. The first-order valence-corrected chi connectivity index (χ1v) is 5.39. The van der Waals surface area contributed by atoms with E-state index in [4.69, 9.17) is 0 Å². The Morgan fingerprint density at radius 3 is 2.78 bits per heavy atom. The van der Waals surface area contributed by atoms with Gasteiger partial charge >= 0.3 is 5.97 Å². The molecule has 18 heavy (non-hydrogen) atoms. The number of carboxylic acid groups (broad SMARTS) is 1. The average molecular weight is 239 g/mol. The van der Waals surface area contributed by atoms with E-state index < -0.39 is 5.97 Å². The normalized spacial score (nSPS) is 10.7. The molecule has 1 aromatic carbocycles. The van der Waals surface area contributed by atoms with Crippen molar-refractivity contribution in [1.82, 2.24) is 15.2 Å². The number of benzene rings is 1. The molecular formula is C13H9N3O2. The van der Waals surface area contributed by atoms with E-state index in [9.17, 15) is 9.90 Å². The second-order valence-corrected chi connectivity index (χ2v) is 3.82. The lowest BCUT2D eigenvalue weighted by molar-refractivity contribution is 0.0699. The van der Waals surface area contributed by atoms with Crippen LogP contribution in [0, 0.1) is 0 Å². The number of rotatable bonds is 2. The highest BCUT2D eigenvalue weighted by Crippen LogP contribution is 2.27. The molecule has 0 radical (unpaired) electrons. The summed E-state index contributed by atoms with van der Waals surface area (Å²) in [5, 5.41) is 16.8. The van der Waals surface area contributed by atoms with Crippen LogP contribution in [0.25, 0.3) is 22.3 Å². The standard InChI is InChI=1S/C13H9N3O2/c17-13(18)8-4-3-6-9-11(8)12(16-15-9)10-5-1-2-7-14-10/h1-7H,(H,15,16)(H,17,18). The van der Waals surface area contributed by atoms with E-state index in [0.717, 1.165) is 0 Å². The molecule has 0 bridgehead atoms. The van der Waals surface area contributed by atoms with Crippen molar-refractivity contribution in [2.45, 2.75) is 0 Å². The molecule has 0 aliphatic heterocycles. The van der Waals surface area contributed by atoms with Gasteiger partial charge in [-0.25, -0.2) is 4.79 Å². The van der Waals surface area contributed by atoms with Crippen molar-refractivity contribution in [3.63, 3.8) is 0 Å². The zero-order valence-corrected chi connectivity index (χ0v) is 9.29. The van der Waals surface area contributed by atoms with E-state index >= 15 is 0 Å². The smallest absolute Gasteiger partial charge is 0.336 e. The Balaban J connectivity index is 2.35. The summed E-state index contributed by atoms with van der Waals surface area (Å²) in [6.07, 6.45) is 1.65. The number of aromatic carboxylic acids is 1. The van der Waals surface area contributed by atoms with Crippen LogP contribution in [0.15, 0.2) is 42.6 Å². The minimum Gasteiger partial charge on any atom is -0.478 e. The highest BCUT2D eigenvalue weighted by Gasteiger charge is 2.16. The fraction of sp³-hybridized carbons (Fsp3) is 0. The lowest BCUT2D eigenvalue weighted by Gasteiger charge is -2.00. The Labute approximate surface area is 102 Å². The summed E-state index contributed by atoms with van der Waals surface area (Å²) in [7, 11) is 0. The van der Waals surface area contributed by atoms with Gasteiger partial charge in [-0.15, -0.1) is 0 Å². The number of fused-ring (bicyclic) bond motifs is 1. The third-order valence-corrected chi connectivity index (χ3v) is 2.73. The number of nitrogens with one attached hydrogen (secondary N) is 1. The third-order valence-electron chi connectivity index (χ3n) is 2.73. The van der Waals surface area contributed by atoms with E-state index in [1.165, 1.54) is 0 Å². The molecule has 2 N–H and O–H groups in total. The maximum atomic E-state index is 11.2. The fourth-order valence-corrected chi connectivity index (χ4v) is 1.94. The van der Waals surface area contributed by atoms with Gasteiger partial charge in [0.05, 0.1) is 16.8 Å². The number of hydrogen-bond acceptors (Lipinski definition) is 3. The fourth-order valence-electron chi connectivity index (χ4n) is 1.94. The molecule has 0 fully saturated rings. The molecule has 3 aromatic rings. The number of pyridine rings is 1. The minimum absolute atomic E-state index is 0.224. The number of aromatic amines is 1. The molecule has 0 atom stereocenters. The van der Waals surface area contributed by atoms with Gasteiger partial charge < -0.3 is 5.11 Å². The van der Waals surface area contributed by atoms with Crippen molar-refractivity contribution >= 4 is 16.9 Å². The van der Waals surface area contributed by atoms with Gasteiger partial charge in [0, 0.05) is 11.6 Å². The van der Waals surface area contributed by atoms with Crippen LogP contribution in [0.2, 0.25) is 0 Å². The van der Waals surface area contributed by atoms with Crippen molar-refractivity contribution < 1.29 is 9.90 Å². The number of aromatic nitrogens is 3. The average Bonchev–Trinajstić information content (AvgIpc) is 2.83. The summed E-state index contributed by atoms with van der Waals surface area (Å²) in [5.41, 5.74) is 2.12. The van der Waals surface area contributed by atoms with Gasteiger partial charge in [-0.1, -0.05) is 12.1 Å². The van der Waals surface area contributed by atoms with E-state index in [1.807, 2.05) is 6.07 Å². The van der Waals surface area contributed by atoms with Crippen LogP contribution in [0.5, 0.6) is 0 Å². The SMILES string of the molecule is O=C(O)c1cccc2[nH]nc(-c3ccccn3)c12. The molecular weight excluding hydrogens is 230 g/mol. The van der Waals surface area contributed by atoms with Gasteiger partial charge in [0.25, 0.3) is 0 Å². The van der Waals surface area contributed by atoms with Gasteiger partial charge in [-0.05, 0) is 24.3 Å². The first kappa shape index (κ1) is 10.5. The Morgan fingerprint density at radius 2 is 2.06 bits per heavy atom. The largest absolute Gasteiger partial charge is 0.478 e. The van der Waals surface area contributed by atoms with E-state index in [2.05, 4.69) is 15.2 Å². The molecule has 0 unspecified atom stereocenters. The molecule has 0 aliphatic rings. The van der Waals surface area contributed by atoms with Crippen LogP contribution >= 0.6 is 0 Å². The maximum absolute atomic E-state index is 11.2. The predicted molar refractivity (Wildman–Crippen MR) is 66.3 cm³/mol. The van der Waals surface area contributed by atoms with Gasteiger partial charge in [0.15, 0.2) is 0 Å². The zero-order chi connectivity index (χ0) is 12.5. The van der Waals surface area contributed by atoms with Gasteiger partial charge in [0.2, 0.25) is 0 Å². The molecule has 0 saturated heterocycles. The van der Waals surface area contributed by atoms with Gasteiger partial charge in [0.1, 0.15) is 5.69 Å². The van der Waals surface area contributed by atoms with Crippen molar-refractivity contribution in [3.05, 3.63) is 48.2 Å². The van der Waals surface area contributed by atoms with Crippen LogP contribution in [-0.2, 0) is 0 Å². The lowest BCUT2D eigenvalue weighted by Crippen LogP contribution is -1.97. The number of nitrogens with zero attached hydrogens (tertiary/aromatic N) is 2. The van der Waals surface area contributed by atoms with Crippen molar-refractivity contribution in [3.8, 4) is 11.4 Å². The van der Waals surface area contributed by atoms with Crippen molar-refractivity contribution in [2.24, 2.45) is 0 Å². The second-order valence-electron chi connectivity index (χ2n) is 3.82. The number of hydrogen-bond donors (Lipinski definition) is 2. The summed E-state index contributed by atoms with van der Waals surface area (Å²) < 4.78 is 0. The maximum Gasteiger partial charge on any atom is 0.336 e. The third kappa shape index (κ3) is 1.53. The van der Waals surface area contributed by atoms with Crippen molar-refractivity contribution in [1.29, 1.82) is 0 Å². The molecule has 2 heterocycles. The number of carboxylic acids is 1. The van der Waals surface area contributed by atoms with Crippen molar-refractivity contribution in [2.75, 3.05) is 0 Å². The molecule has 88 valence electrons. The highest BCUT2D eigenvalue weighted by molar-refractivity contribution is 6.07. The summed E-state index contributed by atoms with van der Waals surface area (Å²) in [4.78, 5) is 15.4. The van der Waals surface area contributed by atoms with Gasteiger partial charge in [-0.3, -0.25) is 10.1 Å². The molecule has 0 saturated carbocycles. The number of H-pyrrole nitrogens is 1. The quantitative estimate of drug-likeness (QED) is 0.719. The first-order valence-electron chi connectivity index (χ1n) is 5.39. The minimum atomic E-state index is -0.973. The second kappa shape index (κ2) is 3.96. The highest BCUT2D eigenvalue weighted by atomic mass is 16.4. The molecule has 2 aromatic heterocycles. The Hall–Kier alpha value is -2.69. The topological polar surface area (TPSA) is 78.9 Å². The monoisotopic (exact) mass is 239 g/mol. The van der Waals surface area contributed by atoms with Crippen LogP contribution < -0.4 is 0 Å². The number of carbonyl (C=O) groups is 1. The van der Waals surface area contributed by atoms with Crippen LogP contribution in [0.4, 0.5) is 0 Å². The molecule has 3 rings (SSSR count). The first-order chi connectivity index (χ1) is 8.77. The summed E-state index contributed by atoms with van der Waals surface area (Å²) in [6.45, 7) is 0. The Kier molecular flexibility index (Phi) is 2.30. The zero-order valence-electron chi connectivity index (χ0n) is 9.29. The molecule has 0 spiro atoms. The predicted octanol–water partition coefficient (Wildman–Crippen LogP) is 2.32. The lowest BCUT2D eigenvalue weighted by atomic mass is 10.1. The van der Waals surface area contributed by atoms with E-state index in [-0.39, 0.29) is 5.56 Å². The summed E-state index contributed by atoms with van der Waals surface area (Å²) >= 11 is 0. The van der Waals surface area contributed by atoms with E-state index in [0.29, 0.717) is 22.3 Å². The summed E-state index contributed by atoms with van der Waals surface area (Å²) in [5.74, 6) is -0.973. The van der Waals surface area contributed by atoms with Crippen LogP contribution in [0.1, 0.15) is 10.4 Å². The molecule has 0 aliphatic carbocycles.